The molecule has 0 atom stereocenters. The molecule has 0 spiro atoms. The number of aromatic carboxylic acids is 1. The maximum Gasteiger partial charge on any atom is 0.335 e. The summed E-state index contributed by atoms with van der Waals surface area (Å²) in [4.78, 5) is 22.4. The van der Waals surface area contributed by atoms with Crippen molar-refractivity contribution < 1.29 is 14.7 Å². The van der Waals surface area contributed by atoms with Gasteiger partial charge in [-0.3, -0.25) is 0 Å². The van der Waals surface area contributed by atoms with E-state index in [0.29, 0.717) is 25.4 Å². The van der Waals surface area contributed by atoms with Gasteiger partial charge in [-0.1, -0.05) is 32.0 Å². The number of benzene rings is 1. The first kappa shape index (κ1) is 15.0. The Morgan fingerprint density at radius 2 is 1.89 bits per heavy atom. The molecule has 0 saturated carbocycles. The Kier molecular flexibility index (Phi) is 5.85. The molecular formula is C14H20N2O3. The van der Waals surface area contributed by atoms with E-state index in [9.17, 15) is 9.59 Å². The average molecular weight is 264 g/mol. The first-order chi connectivity index (χ1) is 9.00. The smallest absolute Gasteiger partial charge is 0.335 e. The Hall–Kier alpha value is -2.04. The molecule has 1 aromatic carbocycles. The molecule has 0 aliphatic heterocycles. The van der Waals surface area contributed by atoms with Crippen molar-refractivity contribution in [3.63, 3.8) is 0 Å². The number of urea groups is 1. The van der Waals surface area contributed by atoms with E-state index in [0.717, 1.165) is 5.56 Å². The summed E-state index contributed by atoms with van der Waals surface area (Å²) in [6.07, 6.45) is 0.498. The summed E-state index contributed by atoms with van der Waals surface area (Å²) in [7, 11) is 0. The van der Waals surface area contributed by atoms with Crippen molar-refractivity contribution in [2.75, 3.05) is 13.1 Å². The van der Waals surface area contributed by atoms with E-state index in [2.05, 4.69) is 10.6 Å². The maximum absolute atomic E-state index is 11.4. The Morgan fingerprint density at radius 3 is 2.53 bits per heavy atom. The number of carboxylic acids is 1. The second kappa shape index (κ2) is 7.41. The third-order valence-electron chi connectivity index (χ3n) is 2.60. The van der Waals surface area contributed by atoms with Crippen LogP contribution < -0.4 is 10.6 Å². The van der Waals surface area contributed by atoms with Gasteiger partial charge < -0.3 is 15.7 Å². The number of nitrogens with one attached hydrogen (secondary N) is 2. The van der Waals surface area contributed by atoms with Crippen LogP contribution in [0.15, 0.2) is 24.3 Å². The summed E-state index contributed by atoms with van der Waals surface area (Å²) >= 11 is 0. The van der Waals surface area contributed by atoms with Crippen LogP contribution in [0, 0.1) is 5.92 Å². The molecule has 1 aromatic rings. The highest BCUT2D eigenvalue weighted by Crippen LogP contribution is 2.08. The maximum atomic E-state index is 11.4. The van der Waals surface area contributed by atoms with Crippen molar-refractivity contribution in [2.45, 2.75) is 20.3 Å². The summed E-state index contributed by atoms with van der Waals surface area (Å²) in [5.41, 5.74) is 1.01. The molecule has 1 rings (SSSR count). The second-order valence-corrected chi connectivity index (χ2v) is 4.74. The van der Waals surface area contributed by atoms with E-state index in [4.69, 9.17) is 5.11 Å². The van der Waals surface area contributed by atoms with Gasteiger partial charge in [-0.25, -0.2) is 9.59 Å². The molecule has 2 amide bonds. The molecule has 0 bridgehead atoms. The van der Waals surface area contributed by atoms with Crippen molar-refractivity contribution in [3.05, 3.63) is 35.4 Å². The van der Waals surface area contributed by atoms with Crippen LogP contribution in [0.1, 0.15) is 29.8 Å². The van der Waals surface area contributed by atoms with E-state index >= 15 is 0 Å². The highest BCUT2D eigenvalue weighted by molar-refractivity contribution is 5.89. The van der Waals surface area contributed by atoms with Crippen LogP contribution in [-0.2, 0) is 6.42 Å². The van der Waals surface area contributed by atoms with Crippen LogP contribution in [0.2, 0.25) is 0 Å². The highest BCUT2D eigenvalue weighted by atomic mass is 16.4. The van der Waals surface area contributed by atoms with Crippen LogP contribution in [0.25, 0.3) is 0 Å². The first-order valence-electron chi connectivity index (χ1n) is 6.33. The molecule has 0 heterocycles. The Balaban J connectivity index is 2.41. The van der Waals surface area contributed by atoms with Crippen molar-refractivity contribution >= 4 is 12.0 Å². The topological polar surface area (TPSA) is 78.4 Å². The number of amides is 2. The summed E-state index contributed by atoms with van der Waals surface area (Å²) in [6, 6.07) is 6.59. The zero-order valence-electron chi connectivity index (χ0n) is 11.3. The minimum atomic E-state index is -0.945. The van der Waals surface area contributed by atoms with Crippen LogP contribution in [0.4, 0.5) is 4.79 Å². The fourth-order valence-corrected chi connectivity index (χ4v) is 1.62. The number of carbonyl (C=O) groups is 2. The third kappa shape index (κ3) is 5.42. The standard InChI is InChI=1S/C14H20N2O3/c1-10(2)9-16-14(19)15-8-7-11-5-3-4-6-12(11)13(17)18/h3-6,10H,7-9H2,1-2H3,(H,17,18)(H2,15,16,19). The average Bonchev–Trinajstić information content (AvgIpc) is 2.36. The summed E-state index contributed by atoms with van der Waals surface area (Å²) < 4.78 is 0. The lowest BCUT2D eigenvalue weighted by atomic mass is 10.0. The minimum absolute atomic E-state index is 0.221. The molecule has 0 aromatic heterocycles. The lowest BCUT2D eigenvalue weighted by molar-refractivity contribution is 0.0695. The van der Waals surface area contributed by atoms with Gasteiger partial charge in [-0.15, -0.1) is 0 Å². The molecule has 0 aliphatic carbocycles. The van der Waals surface area contributed by atoms with Gasteiger partial charge in [0.2, 0.25) is 0 Å². The molecular weight excluding hydrogens is 244 g/mol. The summed E-state index contributed by atoms with van der Waals surface area (Å²) in [5.74, 6) is -0.543. The number of carboxylic acid groups (broad SMARTS) is 1. The molecule has 0 aliphatic rings. The SMILES string of the molecule is CC(C)CNC(=O)NCCc1ccccc1C(=O)O. The predicted octanol–water partition coefficient (Wildman–Crippen LogP) is 1.88. The Bertz CT molecular complexity index is 444. The van der Waals surface area contributed by atoms with Crippen LogP contribution in [-0.4, -0.2) is 30.2 Å². The molecule has 19 heavy (non-hydrogen) atoms. The normalized spacial score (nSPS) is 10.3. The van der Waals surface area contributed by atoms with Gasteiger partial charge in [0.1, 0.15) is 0 Å². The molecule has 0 saturated heterocycles. The van der Waals surface area contributed by atoms with E-state index in [1.165, 1.54) is 0 Å². The van der Waals surface area contributed by atoms with Crippen molar-refractivity contribution in [1.82, 2.24) is 10.6 Å². The van der Waals surface area contributed by atoms with Gasteiger partial charge >= 0.3 is 12.0 Å². The van der Waals surface area contributed by atoms with Crippen molar-refractivity contribution in [3.8, 4) is 0 Å². The first-order valence-corrected chi connectivity index (χ1v) is 6.33. The van der Waals surface area contributed by atoms with Gasteiger partial charge in [0, 0.05) is 13.1 Å². The van der Waals surface area contributed by atoms with Gasteiger partial charge in [0.25, 0.3) is 0 Å². The summed E-state index contributed by atoms with van der Waals surface area (Å²) in [5, 5.41) is 14.5. The Morgan fingerprint density at radius 1 is 1.21 bits per heavy atom. The molecule has 0 fully saturated rings. The van der Waals surface area contributed by atoms with Crippen LogP contribution in [0.3, 0.4) is 0 Å². The zero-order chi connectivity index (χ0) is 14.3. The number of hydrogen-bond donors (Lipinski definition) is 3. The highest BCUT2D eigenvalue weighted by Gasteiger charge is 2.08. The van der Waals surface area contributed by atoms with Crippen molar-refractivity contribution in [2.24, 2.45) is 5.92 Å². The fraction of sp³-hybridized carbons (Fsp3) is 0.429. The molecule has 0 radical (unpaired) electrons. The second-order valence-electron chi connectivity index (χ2n) is 4.74. The predicted molar refractivity (Wildman–Crippen MR) is 73.3 cm³/mol. The number of hydrogen-bond acceptors (Lipinski definition) is 2. The molecule has 104 valence electrons. The fourth-order valence-electron chi connectivity index (χ4n) is 1.62. The van der Waals surface area contributed by atoms with Crippen LogP contribution >= 0.6 is 0 Å². The van der Waals surface area contributed by atoms with Crippen molar-refractivity contribution in [1.29, 1.82) is 0 Å². The van der Waals surface area contributed by atoms with E-state index in [1.54, 1.807) is 24.3 Å². The lowest BCUT2D eigenvalue weighted by Crippen LogP contribution is -2.38. The minimum Gasteiger partial charge on any atom is -0.478 e. The van der Waals surface area contributed by atoms with Gasteiger partial charge in [0.05, 0.1) is 5.56 Å². The molecule has 3 N–H and O–H groups in total. The molecule has 5 nitrogen and oxygen atoms in total. The summed E-state index contributed by atoms with van der Waals surface area (Å²) in [6.45, 7) is 5.07. The monoisotopic (exact) mass is 264 g/mol. The quantitative estimate of drug-likeness (QED) is 0.734. The van der Waals surface area contributed by atoms with E-state index < -0.39 is 5.97 Å². The van der Waals surface area contributed by atoms with Gasteiger partial charge in [-0.2, -0.15) is 0 Å². The van der Waals surface area contributed by atoms with E-state index in [-0.39, 0.29) is 11.6 Å². The van der Waals surface area contributed by atoms with Crippen LogP contribution in [0.5, 0.6) is 0 Å². The Labute approximate surface area is 113 Å². The van der Waals surface area contributed by atoms with Gasteiger partial charge in [-0.05, 0) is 24.0 Å². The largest absolute Gasteiger partial charge is 0.478 e. The zero-order valence-corrected chi connectivity index (χ0v) is 11.3. The number of carbonyl (C=O) groups excluding carboxylic acids is 1. The molecule has 0 unspecified atom stereocenters. The molecule has 5 heteroatoms. The third-order valence-corrected chi connectivity index (χ3v) is 2.60. The number of rotatable bonds is 6. The van der Waals surface area contributed by atoms with E-state index in [1.807, 2.05) is 13.8 Å². The van der Waals surface area contributed by atoms with Gasteiger partial charge in [0.15, 0.2) is 0 Å². The lowest BCUT2D eigenvalue weighted by Gasteiger charge is -2.10.